The van der Waals surface area contributed by atoms with Crippen molar-refractivity contribution in [2.75, 3.05) is 0 Å². The molecule has 1 aliphatic rings. The molecule has 4 nitrogen and oxygen atoms in total. The predicted octanol–water partition coefficient (Wildman–Crippen LogP) is 4.71. The monoisotopic (exact) mass is 380 g/mol. The average Bonchev–Trinajstić information content (AvgIpc) is 3.37. The smallest absolute Gasteiger partial charge is 0.241 e. The third-order valence-corrected chi connectivity index (χ3v) is 4.84. The quantitative estimate of drug-likeness (QED) is 0.624. The Labute approximate surface area is 163 Å². The molecule has 1 aromatic heterocycles. The number of carbonyl (C=O) groups excluding carboxylic acids is 1. The Morgan fingerprint density at radius 3 is 2.48 bits per heavy atom. The van der Waals surface area contributed by atoms with Crippen molar-refractivity contribution in [1.29, 1.82) is 0 Å². The van der Waals surface area contributed by atoms with Gasteiger partial charge in [-0.05, 0) is 54.8 Å². The van der Waals surface area contributed by atoms with Crippen LogP contribution in [-0.2, 0) is 11.3 Å². The summed E-state index contributed by atoms with van der Waals surface area (Å²) in [5.74, 6) is 1.57. The lowest BCUT2D eigenvalue weighted by Crippen LogP contribution is -2.38. The lowest BCUT2D eigenvalue weighted by molar-refractivity contribution is -0.123. The first-order valence-electron chi connectivity index (χ1n) is 9.12. The number of nitrogens with one attached hydrogen (secondary N) is 2. The zero-order chi connectivity index (χ0) is 18.6. The van der Waals surface area contributed by atoms with Crippen LogP contribution >= 0.6 is 11.6 Å². The van der Waals surface area contributed by atoms with Gasteiger partial charge < -0.3 is 9.73 Å². The number of benzene rings is 2. The molecule has 0 aliphatic heterocycles. The highest BCUT2D eigenvalue weighted by Crippen LogP contribution is 2.25. The van der Waals surface area contributed by atoms with E-state index in [2.05, 4.69) is 10.6 Å². The van der Waals surface area contributed by atoms with Crippen LogP contribution in [0.5, 0.6) is 0 Å². The van der Waals surface area contributed by atoms with Crippen molar-refractivity contribution in [3.05, 3.63) is 83.1 Å². The van der Waals surface area contributed by atoms with E-state index in [4.69, 9.17) is 16.0 Å². The summed E-state index contributed by atoms with van der Waals surface area (Å²) < 4.78 is 5.93. The van der Waals surface area contributed by atoms with Gasteiger partial charge in [-0.2, -0.15) is 0 Å². The van der Waals surface area contributed by atoms with E-state index >= 15 is 0 Å². The summed E-state index contributed by atoms with van der Waals surface area (Å²) in [7, 11) is 0. The number of furan rings is 1. The van der Waals surface area contributed by atoms with Gasteiger partial charge in [0.15, 0.2) is 0 Å². The van der Waals surface area contributed by atoms with Crippen LogP contribution in [0, 0.1) is 0 Å². The van der Waals surface area contributed by atoms with Gasteiger partial charge in [-0.25, -0.2) is 0 Å². The van der Waals surface area contributed by atoms with Gasteiger partial charge in [-0.1, -0.05) is 41.9 Å². The summed E-state index contributed by atoms with van der Waals surface area (Å²) in [6.45, 7) is 0.464. The molecule has 2 aromatic carbocycles. The van der Waals surface area contributed by atoms with Crippen LogP contribution in [0.1, 0.15) is 30.2 Å². The molecule has 0 unspecified atom stereocenters. The zero-order valence-corrected chi connectivity index (χ0v) is 15.6. The Morgan fingerprint density at radius 1 is 1.04 bits per heavy atom. The van der Waals surface area contributed by atoms with Crippen molar-refractivity contribution in [2.45, 2.75) is 31.5 Å². The minimum atomic E-state index is -0.407. The van der Waals surface area contributed by atoms with E-state index in [1.807, 2.05) is 66.7 Å². The zero-order valence-electron chi connectivity index (χ0n) is 14.8. The lowest BCUT2D eigenvalue weighted by Gasteiger charge is -2.18. The second-order valence-corrected chi connectivity index (χ2v) is 7.22. The van der Waals surface area contributed by atoms with Gasteiger partial charge in [0, 0.05) is 16.6 Å². The van der Waals surface area contributed by atoms with Gasteiger partial charge in [-0.15, -0.1) is 0 Å². The number of carbonyl (C=O) groups is 1. The summed E-state index contributed by atoms with van der Waals surface area (Å²) in [4.78, 5) is 12.7. The fourth-order valence-electron chi connectivity index (χ4n) is 2.96. The molecule has 27 heavy (non-hydrogen) atoms. The highest BCUT2D eigenvalue weighted by atomic mass is 35.5. The van der Waals surface area contributed by atoms with E-state index in [1.165, 1.54) is 0 Å². The SMILES string of the molecule is O=C(NC1CC1)[C@@H](NCc1ccc(-c2ccc(Cl)cc2)o1)c1ccccc1. The number of rotatable bonds is 7. The first kappa shape index (κ1) is 17.8. The standard InChI is InChI=1S/C22H21ClN2O2/c23-17-8-6-15(7-9-17)20-13-12-19(27-20)14-24-21(16-4-2-1-3-5-16)22(26)25-18-10-11-18/h1-9,12-13,18,21,24H,10-11,14H2,(H,25,26)/t21-/m0/s1. The maximum Gasteiger partial charge on any atom is 0.241 e. The fraction of sp³-hybridized carbons (Fsp3) is 0.227. The number of hydrogen-bond donors (Lipinski definition) is 2. The second-order valence-electron chi connectivity index (χ2n) is 6.78. The van der Waals surface area contributed by atoms with Crippen LogP contribution in [0.15, 0.2) is 71.1 Å². The molecule has 5 heteroatoms. The van der Waals surface area contributed by atoms with Crippen molar-refractivity contribution in [2.24, 2.45) is 0 Å². The van der Waals surface area contributed by atoms with Crippen molar-refractivity contribution < 1.29 is 9.21 Å². The van der Waals surface area contributed by atoms with E-state index in [0.717, 1.165) is 35.5 Å². The molecule has 3 aromatic rings. The Hall–Kier alpha value is -2.56. The first-order chi connectivity index (χ1) is 13.2. The molecule has 1 saturated carbocycles. The van der Waals surface area contributed by atoms with E-state index < -0.39 is 6.04 Å². The molecule has 2 N–H and O–H groups in total. The van der Waals surface area contributed by atoms with Crippen LogP contribution in [0.4, 0.5) is 0 Å². The Bertz CT molecular complexity index is 902. The number of halogens is 1. The molecule has 138 valence electrons. The topological polar surface area (TPSA) is 54.3 Å². The molecular formula is C22H21ClN2O2. The summed E-state index contributed by atoms with van der Waals surface area (Å²) in [5.41, 5.74) is 1.91. The van der Waals surface area contributed by atoms with E-state index in [9.17, 15) is 4.79 Å². The van der Waals surface area contributed by atoms with Crippen LogP contribution in [0.25, 0.3) is 11.3 Å². The average molecular weight is 381 g/mol. The van der Waals surface area contributed by atoms with E-state index in [1.54, 1.807) is 0 Å². The van der Waals surface area contributed by atoms with Crippen molar-refractivity contribution in [3.8, 4) is 11.3 Å². The van der Waals surface area contributed by atoms with Crippen molar-refractivity contribution in [1.82, 2.24) is 10.6 Å². The van der Waals surface area contributed by atoms with E-state index in [-0.39, 0.29) is 5.91 Å². The summed E-state index contributed by atoms with van der Waals surface area (Å²) >= 11 is 5.94. The summed E-state index contributed by atoms with van der Waals surface area (Å²) in [6.07, 6.45) is 2.13. The molecule has 1 aliphatic carbocycles. The Morgan fingerprint density at radius 2 is 1.78 bits per heavy atom. The Kier molecular flexibility index (Phi) is 5.28. The molecule has 0 bridgehead atoms. The first-order valence-corrected chi connectivity index (χ1v) is 9.50. The maximum absolute atomic E-state index is 12.7. The van der Waals surface area contributed by atoms with Gasteiger partial charge in [0.05, 0.1) is 6.54 Å². The number of hydrogen-bond acceptors (Lipinski definition) is 3. The number of amides is 1. The fourth-order valence-corrected chi connectivity index (χ4v) is 3.09. The van der Waals surface area contributed by atoms with Crippen LogP contribution < -0.4 is 10.6 Å². The largest absolute Gasteiger partial charge is 0.460 e. The van der Waals surface area contributed by atoms with Crippen LogP contribution in [0.3, 0.4) is 0 Å². The third kappa shape index (κ3) is 4.59. The predicted molar refractivity (Wildman–Crippen MR) is 106 cm³/mol. The second kappa shape index (κ2) is 7.99. The highest BCUT2D eigenvalue weighted by molar-refractivity contribution is 6.30. The third-order valence-electron chi connectivity index (χ3n) is 4.59. The molecule has 4 rings (SSSR count). The lowest BCUT2D eigenvalue weighted by atomic mass is 10.1. The van der Waals surface area contributed by atoms with Crippen molar-refractivity contribution in [3.63, 3.8) is 0 Å². The Balaban J connectivity index is 1.46. The molecule has 0 radical (unpaired) electrons. The molecule has 0 saturated heterocycles. The van der Waals surface area contributed by atoms with Gasteiger partial charge in [0.25, 0.3) is 0 Å². The normalized spacial score (nSPS) is 14.7. The molecule has 1 heterocycles. The van der Waals surface area contributed by atoms with Crippen molar-refractivity contribution >= 4 is 17.5 Å². The molecule has 1 atom stereocenters. The minimum absolute atomic E-state index is 0.00757. The maximum atomic E-state index is 12.7. The minimum Gasteiger partial charge on any atom is -0.460 e. The van der Waals surface area contributed by atoms with Gasteiger partial charge in [0.2, 0.25) is 5.91 Å². The highest BCUT2D eigenvalue weighted by Gasteiger charge is 2.28. The summed E-state index contributed by atoms with van der Waals surface area (Å²) in [6, 6.07) is 21.1. The molecule has 1 amide bonds. The van der Waals surface area contributed by atoms with Gasteiger partial charge in [-0.3, -0.25) is 10.1 Å². The van der Waals surface area contributed by atoms with Crippen LogP contribution in [-0.4, -0.2) is 11.9 Å². The van der Waals surface area contributed by atoms with Crippen LogP contribution in [0.2, 0.25) is 5.02 Å². The van der Waals surface area contributed by atoms with E-state index in [0.29, 0.717) is 17.6 Å². The molecule has 1 fully saturated rings. The molecule has 0 spiro atoms. The van der Waals surface area contributed by atoms with Gasteiger partial charge >= 0.3 is 0 Å². The summed E-state index contributed by atoms with van der Waals surface area (Å²) in [5, 5.41) is 7.11. The van der Waals surface area contributed by atoms with Gasteiger partial charge in [0.1, 0.15) is 17.6 Å². The molecular weight excluding hydrogens is 360 g/mol.